The average Bonchev–Trinajstić information content (AvgIpc) is 2.94. The van der Waals surface area contributed by atoms with Crippen LogP contribution in [0.5, 0.6) is 0 Å². The molecule has 5 aromatic rings. The summed E-state index contributed by atoms with van der Waals surface area (Å²) in [5.41, 5.74) is 9.75. The maximum Gasteiger partial charge on any atom is 0.0462 e. The summed E-state index contributed by atoms with van der Waals surface area (Å²) in [5, 5.41) is 0. The molecule has 5 aromatic carbocycles. The van der Waals surface area contributed by atoms with Crippen molar-refractivity contribution < 1.29 is 0 Å². The first-order chi connectivity index (χ1) is 18.0. The van der Waals surface area contributed by atoms with Crippen LogP contribution in [0, 0.1) is 0 Å². The Morgan fingerprint density at radius 2 is 0.838 bits per heavy atom. The molecule has 0 N–H and O–H groups in total. The topological polar surface area (TPSA) is 3.24 Å². The number of rotatable bonds is 6. The van der Waals surface area contributed by atoms with Crippen molar-refractivity contribution in [2.45, 2.75) is 26.2 Å². The van der Waals surface area contributed by atoms with E-state index in [1.165, 1.54) is 27.8 Å². The largest absolute Gasteiger partial charge is 0.311 e. The standard InChI is InChI=1S/C36H33N/c1-36(2,3)32-22-16-28(17-23-32)14-15-29-18-24-34(25-19-29)37(33-12-8-5-9-13-33)35-26-20-31(21-27-35)30-10-6-4-7-11-30/h4-27H,1-3H3. The number of nitrogens with zero attached hydrogens (tertiary/aromatic N) is 1. The first-order valence-electron chi connectivity index (χ1n) is 12.9. The Balaban J connectivity index is 1.40. The van der Waals surface area contributed by atoms with E-state index in [-0.39, 0.29) is 5.41 Å². The molecule has 0 aromatic heterocycles. The summed E-state index contributed by atoms with van der Waals surface area (Å²) in [4.78, 5) is 2.30. The summed E-state index contributed by atoms with van der Waals surface area (Å²) in [7, 11) is 0. The minimum Gasteiger partial charge on any atom is -0.311 e. The molecule has 5 rings (SSSR count). The second-order valence-electron chi connectivity index (χ2n) is 10.4. The smallest absolute Gasteiger partial charge is 0.0462 e. The second kappa shape index (κ2) is 10.7. The van der Waals surface area contributed by atoms with Gasteiger partial charge >= 0.3 is 0 Å². The average molecular weight is 480 g/mol. The molecule has 0 atom stereocenters. The highest BCUT2D eigenvalue weighted by Gasteiger charge is 2.13. The van der Waals surface area contributed by atoms with Crippen molar-refractivity contribution >= 4 is 29.2 Å². The number of anilines is 3. The van der Waals surface area contributed by atoms with Crippen LogP contribution in [0.15, 0.2) is 133 Å². The molecule has 0 saturated heterocycles. The molecule has 0 spiro atoms. The highest BCUT2D eigenvalue weighted by molar-refractivity contribution is 5.79. The van der Waals surface area contributed by atoms with Crippen LogP contribution >= 0.6 is 0 Å². The molecule has 0 heterocycles. The van der Waals surface area contributed by atoms with Crippen LogP contribution in [-0.4, -0.2) is 0 Å². The van der Waals surface area contributed by atoms with Gasteiger partial charge in [-0.1, -0.05) is 130 Å². The molecule has 0 saturated carbocycles. The first-order valence-corrected chi connectivity index (χ1v) is 12.9. The van der Waals surface area contributed by atoms with Gasteiger partial charge in [0.1, 0.15) is 0 Å². The first kappa shape index (κ1) is 24.3. The molecule has 0 aliphatic heterocycles. The molecular weight excluding hydrogens is 446 g/mol. The van der Waals surface area contributed by atoms with E-state index in [0.717, 1.165) is 17.1 Å². The molecule has 0 fully saturated rings. The predicted octanol–water partition coefficient (Wildman–Crippen LogP) is 10.3. The molecule has 1 nitrogen and oxygen atoms in total. The summed E-state index contributed by atoms with van der Waals surface area (Å²) >= 11 is 0. The van der Waals surface area contributed by atoms with E-state index in [4.69, 9.17) is 0 Å². The summed E-state index contributed by atoms with van der Waals surface area (Å²) in [6, 6.07) is 47.4. The van der Waals surface area contributed by atoms with Crippen molar-refractivity contribution in [3.8, 4) is 11.1 Å². The van der Waals surface area contributed by atoms with E-state index in [9.17, 15) is 0 Å². The molecule has 182 valence electrons. The maximum atomic E-state index is 2.30. The van der Waals surface area contributed by atoms with Crippen LogP contribution in [-0.2, 0) is 5.41 Å². The lowest BCUT2D eigenvalue weighted by atomic mass is 9.87. The minimum absolute atomic E-state index is 0.171. The van der Waals surface area contributed by atoms with Crippen LogP contribution in [0.25, 0.3) is 23.3 Å². The lowest BCUT2D eigenvalue weighted by molar-refractivity contribution is 0.590. The van der Waals surface area contributed by atoms with Crippen molar-refractivity contribution in [2.75, 3.05) is 4.90 Å². The normalized spacial score (nSPS) is 11.5. The van der Waals surface area contributed by atoms with Gasteiger partial charge in [0.25, 0.3) is 0 Å². The molecule has 37 heavy (non-hydrogen) atoms. The van der Waals surface area contributed by atoms with E-state index in [0.29, 0.717) is 0 Å². The zero-order chi connectivity index (χ0) is 25.7. The Hall–Kier alpha value is -4.36. The summed E-state index contributed by atoms with van der Waals surface area (Å²) < 4.78 is 0. The summed E-state index contributed by atoms with van der Waals surface area (Å²) in [6.45, 7) is 6.74. The molecule has 0 bridgehead atoms. The van der Waals surface area contributed by atoms with Crippen molar-refractivity contribution in [1.82, 2.24) is 0 Å². The maximum absolute atomic E-state index is 2.30. The van der Waals surface area contributed by atoms with Gasteiger partial charge in [-0.2, -0.15) is 0 Å². The van der Waals surface area contributed by atoms with Crippen molar-refractivity contribution in [3.05, 3.63) is 150 Å². The van der Waals surface area contributed by atoms with Gasteiger partial charge in [0, 0.05) is 17.1 Å². The summed E-state index contributed by atoms with van der Waals surface area (Å²) in [6.07, 6.45) is 4.36. The predicted molar refractivity (Wildman–Crippen MR) is 161 cm³/mol. The van der Waals surface area contributed by atoms with Crippen LogP contribution < -0.4 is 4.90 Å². The zero-order valence-corrected chi connectivity index (χ0v) is 21.8. The number of hydrogen-bond donors (Lipinski definition) is 0. The van der Waals surface area contributed by atoms with Gasteiger partial charge in [0.05, 0.1) is 0 Å². The van der Waals surface area contributed by atoms with Crippen LogP contribution in [0.4, 0.5) is 17.1 Å². The van der Waals surface area contributed by atoms with E-state index in [1.54, 1.807) is 0 Å². The monoisotopic (exact) mass is 479 g/mol. The summed E-state index contributed by atoms with van der Waals surface area (Å²) in [5.74, 6) is 0. The van der Waals surface area contributed by atoms with Crippen LogP contribution in [0.1, 0.15) is 37.5 Å². The number of hydrogen-bond acceptors (Lipinski definition) is 1. The Labute approximate surface area is 221 Å². The molecule has 0 amide bonds. The van der Waals surface area contributed by atoms with Gasteiger partial charge in [-0.3, -0.25) is 0 Å². The van der Waals surface area contributed by atoms with E-state index >= 15 is 0 Å². The van der Waals surface area contributed by atoms with Gasteiger partial charge in [-0.25, -0.2) is 0 Å². The SMILES string of the molecule is CC(C)(C)c1ccc(C=Cc2ccc(N(c3ccccc3)c3ccc(-c4ccccc4)cc3)cc2)cc1. The lowest BCUT2D eigenvalue weighted by Crippen LogP contribution is -2.10. The fraction of sp³-hybridized carbons (Fsp3) is 0.111. The third-order valence-corrected chi connectivity index (χ3v) is 6.64. The fourth-order valence-electron chi connectivity index (χ4n) is 4.48. The molecule has 0 unspecified atom stereocenters. The van der Waals surface area contributed by atoms with Crippen LogP contribution in [0.2, 0.25) is 0 Å². The Morgan fingerprint density at radius 1 is 0.432 bits per heavy atom. The highest BCUT2D eigenvalue weighted by Crippen LogP contribution is 2.35. The van der Waals surface area contributed by atoms with Gasteiger partial charge < -0.3 is 4.90 Å². The van der Waals surface area contributed by atoms with Gasteiger partial charge in [-0.05, 0) is 69.6 Å². The van der Waals surface area contributed by atoms with Crippen molar-refractivity contribution in [1.29, 1.82) is 0 Å². The molecule has 1 heteroatoms. The fourth-order valence-corrected chi connectivity index (χ4v) is 4.48. The van der Waals surface area contributed by atoms with Gasteiger partial charge in [0.2, 0.25) is 0 Å². The lowest BCUT2D eigenvalue weighted by Gasteiger charge is -2.25. The Morgan fingerprint density at radius 3 is 1.35 bits per heavy atom. The minimum atomic E-state index is 0.171. The zero-order valence-electron chi connectivity index (χ0n) is 21.8. The van der Waals surface area contributed by atoms with Crippen molar-refractivity contribution in [3.63, 3.8) is 0 Å². The molecule has 0 aliphatic carbocycles. The highest BCUT2D eigenvalue weighted by atomic mass is 15.1. The van der Waals surface area contributed by atoms with E-state index in [1.807, 2.05) is 0 Å². The molecule has 0 radical (unpaired) electrons. The van der Waals surface area contributed by atoms with E-state index in [2.05, 4.69) is 171 Å². The quantitative estimate of drug-likeness (QED) is 0.219. The Kier molecular flexibility index (Phi) is 7.05. The van der Waals surface area contributed by atoms with E-state index < -0.39 is 0 Å². The van der Waals surface area contributed by atoms with Crippen LogP contribution in [0.3, 0.4) is 0 Å². The molecular formula is C36H33N. The van der Waals surface area contributed by atoms with Gasteiger partial charge in [-0.15, -0.1) is 0 Å². The molecule has 0 aliphatic rings. The van der Waals surface area contributed by atoms with Gasteiger partial charge in [0.15, 0.2) is 0 Å². The third kappa shape index (κ3) is 5.90. The van der Waals surface area contributed by atoms with Crippen molar-refractivity contribution in [2.24, 2.45) is 0 Å². The second-order valence-corrected chi connectivity index (χ2v) is 10.4. The number of benzene rings is 5. The Bertz CT molecular complexity index is 1440. The third-order valence-electron chi connectivity index (χ3n) is 6.64. The number of para-hydroxylation sites is 1.